The average Bonchev–Trinajstić information content (AvgIpc) is 3.06. The summed E-state index contributed by atoms with van der Waals surface area (Å²) in [5.74, 6) is 0.596. The lowest BCUT2D eigenvalue weighted by atomic mass is 9.83. The monoisotopic (exact) mass is 426 g/mol. The molecule has 4 aliphatic rings. The van der Waals surface area contributed by atoms with E-state index in [0.717, 1.165) is 51.6 Å². The maximum Gasteiger partial charge on any atom is 0.323 e. The summed E-state index contributed by atoms with van der Waals surface area (Å²) in [6.07, 6.45) is 10.8. The molecule has 2 aliphatic heterocycles. The zero-order chi connectivity index (χ0) is 19.5. The first-order valence-corrected chi connectivity index (χ1v) is 12.2. The Kier molecular flexibility index (Phi) is 6.71. The van der Waals surface area contributed by atoms with Crippen LogP contribution in [0.15, 0.2) is 4.99 Å². The Hall–Kier alpha value is -0.950. The van der Waals surface area contributed by atoms with Gasteiger partial charge in [-0.1, -0.05) is 37.4 Å². The molecule has 2 saturated carbocycles. The molecule has 3 fully saturated rings. The van der Waals surface area contributed by atoms with Crippen molar-refractivity contribution in [3.05, 3.63) is 0 Å². The summed E-state index contributed by atoms with van der Waals surface area (Å²) in [5, 5.41) is 3.65. The van der Waals surface area contributed by atoms with Crippen LogP contribution < -0.4 is 5.32 Å². The quantitative estimate of drug-likeness (QED) is 0.698. The van der Waals surface area contributed by atoms with Crippen LogP contribution in [-0.4, -0.2) is 63.3 Å². The van der Waals surface area contributed by atoms with Crippen molar-refractivity contribution < 1.29 is 9.59 Å². The van der Waals surface area contributed by atoms with E-state index < -0.39 is 0 Å². The van der Waals surface area contributed by atoms with E-state index in [9.17, 15) is 9.59 Å². The summed E-state index contributed by atoms with van der Waals surface area (Å²) >= 11 is 7.53. The Labute approximate surface area is 176 Å². The average molecular weight is 427 g/mol. The van der Waals surface area contributed by atoms with Crippen molar-refractivity contribution in [2.24, 2.45) is 10.9 Å². The molecule has 2 heterocycles. The minimum Gasteiger partial charge on any atom is -0.342 e. The third-order valence-electron chi connectivity index (χ3n) is 6.66. The van der Waals surface area contributed by atoms with E-state index in [4.69, 9.17) is 11.6 Å². The Morgan fingerprint density at radius 2 is 1.68 bits per heavy atom. The van der Waals surface area contributed by atoms with E-state index in [0.29, 0.717) is 23.7 Å². The number of nitrogens with zero attached hydrogens (tertiary/aromatic N) is 3. The van der Waals surface area contributed by atoms with Gasteiger partial charge in [-0.25, -0.2) is 4.79 Å². The Morgan fingerprint density at radius 3 is 2.25 bits per heavy atom. The number of carbonyl (C=O) groups excluding carboxylic acids is 2. The fourth-order valence-corrected chi connectivity index (χ4v) is 5.85. The van der Waals surface area contributed by atoms with Gasteiger partial charge in [0.15, 0.2) is 5.17 Å². The zero-order valence-electron chi connectivity index (χ0n) is 16.4. The van der Waals surface area contributed by atoms with Crippen LogP contribution in [0.2, 0.25) is 0 Å². The van der Waals surface area contributed by atoms with Gasteiger partial charge < -0.3 is 9.80 Å². The summed E-state index contributed by atoms with van der Waals surface area (Å²) in [5.41, 5.74) is 0. The lowest BCUT2D eigenvalue weighted by molar-refractivity contribution is -0.139. The second-order valence-corrected chi connectivity index (χ2v) is 10.5. The molecular formula is C20H31ClN4O2S. The molecule has 8 heteroatoms. The third kappa shape index (κ3) is 4.61. The number of halogens is 1. The van der Waals surface area contributed by atoms with E-state index in [1.54, 1.807) is 0 Å². The fraction of sp³-hybridized carbons (Fsp3) is 0.850. The topological polar surface area (TPSA) is 65.0 Å². The number of amidine groups is 1. The van der Waals surface area contributed by atoms with Gasteiger partial charge in [0.25, 0.3) is 0 Å². The number of piperidine rings is 1. The molecule has 0 aromatic carbocycles. The van der Waals surface area contributed by atoms with Gasteiger partial charge in [-0.2, -0.15) is 0 Å². The van der Waals surface area contributed by atoms with Gasteiger partial charge in [0, 0.05) is 31.1 Å². The molecule has 0 radical (unpaired) electrons. The summed E-state index contributed by atoms with van der Waals surface area (Å²) < 4.78 is -0.0841. The number of urea groups is 1. The third-order valence-corrected chi connectivity index (χ3v) is 7.92. The number of alkyl halides is 1. The predicted octanol–water partition coefficient (Wildman–Crippen LogP) is 3.79. The van der Waals surface area contributed by atoms with Crippen molar-refractivity contribution in [3.8, 4) is 0 Å². The lowest BCUT2D eigenvalue weighted by Crippen LogP contribution is -2.56. The minimum atomic E-state index is -0.0841. The van der Waals surface area contributed by atoms with Crippen LogP contribution in [-0.2, 0) is 4.79 Å². The van der Waals surface area contributed by atoms with Crippen LogP contribution in [0.4, 0.5) is 4.79 Å². The zero-order valence-corrected chi connectivity index (χ0v) is 18.0. The number of nitrogens with one attached hydrogen (secondary N) is 1. The van der Waals surface area contributed by atoms with Gasteiger partial charge >= 0.3 is 6.03 Å². The molecule has 4 rings (SSSR count). The minimum absolute atomic E-state index is 0.0345. The standard InChI is InChI=1S/C20H31ClN4O2S/c21-17-13-22-19(28-17)23-20(27)25(15-7-2-1-3-8-15)16-9-11-24(12-10-16)18(26)14-5-4-6-14/h14-17H,1-13H2,(H,22,23,27). The van der Waals surface area contributed by atoms with Crippen LogP contribution in [0.3, 0.4) is 0 Å². The Bertz CT molecular complexity index is 613. The van der Waals surface area contributed by atoms with Crippen molar-refractivity contribution in [1.82, 2.24) is 15.1 Å². The van der Waals surface area contributed by atoms with Crippen LogP contribution in [0.5, 0.6) is 0 Å². The summed E-state index contributed by atoms with van der Waals surface area (Å²) in [6, 6.07) is 0.464. The smallest absolute Gasteiger partial charge is 0.323 e. The number of aliphatic imine (C=N–C) groups is 1. The number of rotatable bonds is 3. The number of hydrogen-bond acceptors (Lipinski definition) is 4. The second kappa shape index (κ2) is 9.24. The Balaban J connectivity index is 1.39. The van der Waals surface area contributed by atoms with E-state index in [1.165, 1.54) is 37.4 Å². The molecule has 156 valence electrons. The largest absolute Gasteiger partial charge is 0.342 e. The van der Waals surface area contributed by atoms with Gasteiger partial charge in [0.1, 0.15) is 4.71 Å². The molecule has 1 N–H and O–H groups in total. The van der Waals surface area contributed by atoms with Gasteiger partial charge in [0.2, 0.25) is 5.91 Å². The van der Waals surface area contributed by atoms with Crippen molar-refractivity contribution in [1.29, 1.82) is 0 Å². The molecule has 0 aromatic heterocycles. The van der Waals surface area contributed by atoms with Crippen LogP contribution in [0.25, 0.3) is 0 Å². The SMILES string of the molecule is O=C(C1CCC1)N1CCC(N(C(=O)NC2=NCC(Cl)S2)C2CCCCC2)CC1. The maximum atomic E-state index is 13.2. The molecule has 0 aromatic rings. The normalized spacial score (nSPS) is 27.2. The van der Waals surface area contributed by atoms with Crippen LogP contribution in [0.1, 0.15) is 64.2 Å². The molecule has 0 spiro atoms. The molecule has 28 heavy (non-hydrogen) atoms. The summed E-state index contributed by atoms with van der Waals surface area (Å²) in [7, 11) is 0. The second-order valence-electron chi connectivity index (χ2n) is 8.49. The first-order chi connectivity index (χ1) is 13.6. The van der Waals surface area contributed by atoms with Crippen LogP contribution >= 0.6 is 23.4 Å². The fourth-order valence-electron chi connectivity index (χ4n) is 4.84. The number of likely N-dealkylation sites (tertiary alicyclic amines) is 1. The lowest BCUT2D eigenvalue weighted by Gasteiger charge is -2.44. The highest BCUT2D eigenvalue weighted by molar-refractivity contribution is 8.15. The summed E-state index contributed by atoms with van der Waals surface area (Å²) in [6.45, 7) is 2.10. The van der Waals surface area contributed by atoms with Crippen molar-refractivity contribution in [2.75, 3.05) is 19.6 Å². The van der Waals surface area contributed by atoms with Crippen molar-refractivity contribution in [2.45, 2.75) is 81.0 Å². The summed E-state index contributed by atoms with van der Waals surface area (Å²) in [4.78, 5) is 34.2. The highest BCUT2D eigenvalue weighted by Gasteiger charge is 2.37. The predicted molar refractivity (Wildman–Crippen MR) is 114 cm³/mol. The van der Waals surface area contributed by atoms with E-state index in [1.807, 2.05) is 4.90 Å². The molecule has 6 nitrogen and oxygen atoms in total. The van der Waals surface area contributed by atoms with Gasteiger partial charge in [-0.15, -0.1) is 11.6 Å². The molecular weight excluding hydrogens is 396 g/mol. The Morgan fingerprint density at radius 1 is 1.00 bits per heavy atom. The maximum absolute atomic E-state index is 13.2. The molecule has 2 aliphatic carbocycles. The number of hydrogen-bond donors (Lipinski definition) is 1. The van der Waals surface area contributed by atoms with Crippen molar-refractivity contribution >= 4 is 40.5 Å². The first-order valence-electron chi connectivity index (χ1n) is 10.8. The van der Waals surface area contributed by atoms with Gasteiger partial charge in [-0.3, -0.25) is 15.1 Å². The molecule has 1 saturated heterocycles. The number of thioether (sulfide) groups is 1. The van der Waals surface area contributed by atoms with E-state index in [2.05, 4.69) is 15.2 Å². The number of amides is 3. The molecule has 1 atom stereocenters. The molecule has 0 bridgehead atoms. The first kappa shape index (κ1) is 20.3. The highest BCUT2D eigenvalue weighted by Crippen LogP contribution is 2.32. The van der Waals surface area contributed by atoms with Crippen molar-refractivity contribution in [3.63, 3.8) is 0 Å². The van der Waals surface area contributed by atoms with Gasteiger partial charge in [-0.05, 0) is 38.5 Å². The molecule has 3 amide bonds. The van der Waals surface area contributed by atoms with Gasteiger partial charge in [0.05, 0.1) is 6.54 Å². The van der Waals surface area contributed by atoms with E-state index >= 15 is 0 Å². The molecule has 1 unspecified atom stereocenters. The number of carbonyl (C=O) groups is 2. The highest BCUT2D eigenvalue weighted by atomic mass is 35.5. The van der Waals surface area contributed by atoms with E-state index in [-0.39, 0.29) is 22.7 Å². The van der Waals surface area contributed by atoms with Crippen LogP contribution in [0, 0.1) is 5.92 Å².